The molecule has 0 saturated heterocycles. The third-order valence-electron chi connectivity index (χ3n) is 2.43. The number of hydrogen-bond acceptors (Lipinski definition) is 4. The van der Waals surface area contributed by atoms with E-state index in [1.165, 1.54) is 10.9 Å². The molecule has 1 N–H and O–H groups in total. The van der Waals surface area contributed by atoms with Gasteiger partial charge in [-0.1, -0.05) is 13.8 Å². The maximum atomic E-state index is 10.8. The van der Waals surface area contributed by atoms with E-state index in [4.69, 9.17) is 5.11 Å². The van der Waals surface area contributed by atoms with Gasteiger partial charge in [-0.15, -0.1) is 0 Å². The summed E-state index contributed by atoms with van der Waals surface area (Å²) < 4.78 is 1.36. The van der Waals surface area contributed by atoms with Gasteiger partial charge in [-0.3, -0.25) is 14.8 Å². The van der Waals surface area contributed by atoms with Crippen LogP contribution >= 0.6 is 0 Å². The molecule has 0 amide bonds. The Morgan fingerprint density at radius 2 is 2.19 bits per heavy atom. The highest BCUT2D eigenvalue weighted by atomic mass is 16.6. The first-order valence-electron chi connectivity index (χ1n) is 4.98. The molecule has 88 valence electrons. The molecule has 0 aliphatic heterocycles. The van der Waals surface area contributed by atoms with Gasteiger partial charge in [-0.2, -0.15) is 5.10 Å². The highest BCUT2D eigenvalue weighted by molar-refractivity contribution is 5.89. The van der Waals surface area contributed by atoms with Crippen molar-refractivity contribution in [3.8, 4) is 0 Å². The third kappa shape index (κ3) is 2.18. The van der Waals surface area contributed by atoms with Crippen LogP contribution < -0.4 is 0 Å². The molecule has 0 saturated carbocycles. The summed E-state index contributed by atoms with van der Waals surface area (Å²) in [7, 11) is 0. The highest BCUT2D eigenvalue weighted by Gasteiger charge is 2.26. The molecule has 1 aromatic rings. The number of aromatic nitrogens is 2. The molecule has 0 spiro atoms. The molecule has 0 aromatic carbocycles. The normalized spacial score (nSPS) is 10.7. The van der Waals surface area contributed by atoms with E-state index in [1.54, 1.807) is 0 Å². The molecule has 0 atom stereocenters. The number of nitrogens with zero attached hydrogens (tertiary/aromatic N) is 3. The Balaban J connectivity index is 3.20. The minimum absolute atomic E-state index is 0.00759. The van der Waals surface area contributed by atoms with Crippen LogP contribution in [0.15, 0.2) is 6.20 Å². The Kier molecular flexibility index (Phi) is 3.60. The number of nitro groups is 1. The number of hydrogen-bond donors (Lipinski definition) is 1. The summed E-state index contributed by atoms with van der Waals surface area (Å²) in [4.78, 5) is 20.7. The molecule has 0 radical (unpaired) electrons. The summed E-state index contributed by atoms with van der Waals surface area (Å²) in [6.45, 7) is 3.84. The first kappa shape index (κ1) is 12.2. The summed E-state index contributed by atoms with van der Waals surface area (Å²) in [5.74, 6) is -1.38. The molecular formula is C9H13N3O4. The van der Waals surface area contributed by atoms with Crippen LogP contribution in [0.3, 0.4) is 0 Å². The average molecular weight is 227 g/mol. The van der Waals surface area contributed by atoms with Gasteiger partial charge >= 0.3 is 11.7 Å². The second-order valence-corrected chi connectivity index (χ2v) is 3.38. The van der Waals surface area contributed by atoms with Crippen molar-refractivity contribution >= 4 is 11.7 Å². The van der Waals surface area contributed by atoms with Gasteiger partial charge in [-0.25, -0.2) is 4.79 Å². The van der Waals surface area contributed by atoms with Crippen LogP contribution in [-0.2, 0) is 0 Å². The van der Waals surface area contributed by atoms with E-state index in [2.05, 4.69) is 5.10 Å². The van der Waals surface area contributed by atoms with Crippen molar-refractivity contribution in [2.45, 2.75) is 32.7 Å². The van der Waals surface area contributed by atoms with E-state index < -0.39 is 22.3 Å². The molecule has 7 heteroatoms. The smallest absolute Gasteiger partial charge is 0.363 e. The van der Waals surface area contributed by atoms with Crippen LogP contribution in [0, 0.1) is 10.1 Å². The predicted octanol–water partition coefficient (Wildman–Crippen LogP) is 1.85. The van der Waals surface area contributed by atoms with E-state index in [0.717, 1.165) is 12.8 Å². The highest BCUT2D eigenvalue weighted by Crippen LogP contribution is 2.22. The zero-order valence-corrected chi connectivity index (χ0v) is 9.08. The topological polar surface area (TPSA) is 98.3 Å². The van der Waals surface area contributed by atoms with Gasteiger partial charge in [0.05, 0.1) is 11.0 Å². The zero-order valence-electron chi connectivity index (χ0n) is 9.08. The fourth-order valence-corrected chi connectivity index (χ4v) is 1.52. The monoisotopic (exact) mass is 227 g/mol. The summed E-state index contributed by atoms with van der Waals surface area (Å²) in [6, 6.07) is -0.00759. The Morgan fingerprint density at radius 3 is 2.50 bits per heavy atom. The molecule has 0 bridgehead atoms. The van der Waals surface area contributed by atoms with Crippen LogP contribution in [0.2, 0.25) is 0 Å². The molecule has 7 nitrogen and oxygen atoms in total. The number of carbonyl (C=O) groups is 1. The van der Waals surface area contributed by atoms with Crippen LogP contribution in [0.4, 0.5) is 5.69 Å². The minimum atomic E-state index is -1.38. The predicted molar refractivity (Wildman–Crippen MR) is 55.5 cm³/mol. The molecule has 1 heterocycles. The Bertz CT molecular complexity index is 377. The number of aromatic carboxylic acids is 1. The molecule has 0 unspecified atom stereocenters. The fraction of sp³-hybridized carbons (Fsp3) is 0.556. The molecular weight excluding hydrogens is 214 g/mol. The molecule has 0 aliphatic rings. The van der Waals surface area contributed by atoms with E-state index in [0.29, 0.717) is 0 Å². The van der Waals surface area contributed by atoms with E-state index >= 15 is 0 Å². The molecule has 0 fully saturated rings. The minimum Gasteiger partial charge on any atom is -0.476 e. The fourth-order valence-electron chi connectivity index (χ4n) is 1.52. The number of carboxylic acid groups (broad SMARTS) is 1. The maximum absolute atomic E-state index is 10.8. The first-order valence-corrected chi connectivity index (χ1v) is 4.98. The Morgan fingerprint density at radius 1 is 1.62 bits per heavy atom. The van der Waals surface area contributed by atoms with Gasteiger partial charge in [0, 0.05) is 0 Å². The van der Waals surface area contributed by atoms with Gasteiger partial charge in [-0.05, 0) is 12.8 Å². The van der Waals surface area contributed by atoms with E-state index in [1.807, 2.05) is 13.8 Å². The van der Waals surface area contributed by atoms with Gasteiger partial charge in [0.25, 0.3) is 0 Å². The van der Waals surface area contributed by atoms with Crippen LogP contribution in [0.1, 0.15) is 43.2 Å². The van der Waals surface area contributed by atoms with Crippen LogP contribution in [0.5, 0.6) is 0 Å². The van der Waals surface area contributed by atoms with Crippen molar-refractivity contribution in [3.63, 3.8) is 0 Å². The third-order valence-corrected chi connectivity index (χ3v) is 2.43. The summed E-state index contributed by atoms with van der Waals surface area (Å²) in [6.07, 6.45) is 2.67. The van der Waals surface area contributed by atoms with Crippen LogP contribution in [0.25, 0.3) is 0 Å². The SMILES string of the molecule is CCC(CC)n1cc([N+](=O)[O-])c(C(=O)O)n1. The van der Waals surface area contributed by atoms with E-state index in [-0.39, 0.29) is 6.04 Å². The van der Waals surface area contributed by atoms with Gasteiger partial charge in [0.2, 0.25) is 5.69 Å². The summed E-state index contributed by atoms with van der Waals surface area (Å²) in [5, 5.41) is 23.2. The average Bonchev–Trinajstić information content (AvgIpc) is 2.64. The van der Waals surface area contributed by atoms with Crippen molar-refractivity contribution in [1.82, 2.24) is 9.78 Å². The largest absolute Gasteiger partial charge is 0.476 e. The lowest BCUT2D eigenvalue weighted by Gasteiger charge is -2.11. The van der Waals surface area contributed by atoms with Crippen molar-refractivity contribution in [1.29, 1.82) is 0 Å². The van der Waals surface area contributed by atoms with Gasteiger partial charge in [0.15, 0.2) is 0 Å². The summed E-state index contributed by atoms with van der Waals surface area (Å²) in [5.41, 5.74) is -0.962. The number of carboxylic acids is 1. The molecule has 0 aliphatic carbocycles. The van der Waals surface area contributed by atoms with Crippen molar-refractivity contribution in [2.24, 2.45) is 0 Å². The Labute approximate surface area is 91.8 Å². The van der Waals surface area contributed by atoms with Crippen molar-refractivity contribution in [2.75, 3.05) is 0 Å². The second-order valence-electron chi connectivity index (χ2n) is 3.38. The van der Waals surface area contributed by atoms with Crippen LogP contribution in [-0.4, -0.2) is 25.8 Å². The zero-order chi connectivity index (χ0) is 12.3. The summed E-state index contributed by atoms with van der Waals surface area (Å²) >= 11 is 0. The Hall–Kier alpha value is -1.92. The van der Waals surface area contributed by atoms with Gasteiger partial charge < -0.3 is 5.11 Å². The number of rotatable bonds is 5. The second kappa shape index (κ2) is 4.73. The maximum Gasteiger partial charge on any atom is 0.363 e. The molecule has 1 aromatic heterocycles. The molecule has 16 heavy (non-hydrogen) atoms. The lowest BCUT2D eigenvalue weighted by molar-refractivity contribution is -0.385. The first-order chi connectivity index (χ1) is 7.51. The quantitative estimate of drug-likeness (QED) is 0.611. The van der Waals surface area contributed by atoms with Gasteiger partial charge in [0.1, 0.15) is 6.20 Å². The lowest BCUT2D eigenvalue weighted by Crippen LogP contribution is -2.09. The standard InChI is InChI=1S/C9H13N3O4/c1-3-6(4-2)11-5-7(12(15)16)8(10-11)9(13)14/h5-6H,3-4H2,1-2H3,(H,13,14). The lowest BCUT2D eigenvalue weighted by atomic mass is 10.2. The molecule has 1 rings (SSSR count). The van der Waals surface area contributed by atoms with Crippen molar-refractivity contribution < 1.29 is 14.8 Å². The van der Waals surface area contributed by atoms with E-state index in [9.17, 15) is 14.9 Å². The van der Waals surface area contributed by atoms with Crippen molar-refractivity contribution in [3.05, 3.63) is 22.0 Å².